The van der Waals surface area contributed by atoms with E-state index < -0.39 is 15.7 Å². The first-order chi connectivity index (χ1) is 11.7. The second kappa shape index (κ2) is 8.01. The highest BCUT2D eigenvalue weighted by molar-refractivity contribution is 7.99. The van der Waals surface area contributed by atoms with Gasteiger partial charge in [0, 0.05) is 23.3 Å². The number of halogens is 1. The minimum absolute atomic E-state index is 0.0336. The van der Waals surface area contributed by atoms with Crippen LogP contribution in [0.3, 0.4) is 0 Å². The van der Waals surface area contributed by atoms with Gasteiger partial charge in [0.05, 0.1) is 10.6 Å². The van der Waals surface area contributed by atoms with Gasteiger partial charge in [0.1, 0.15) is 5.82 Å². The van der Waals surface area contributed by atoms with Crippen molar-refractivity contribution < 1.29 is 17.6 Å². The Morgan fingerprint density at radius 2 is 1.84 bits per heavy atom. The molecule has 0 spiro atoms. The fourth-order valence-electron chi connectivity index (χ4n) is 2.11. The SMILES string of the molecule is Cc1ccc(SCCC(=O)Nc2cc(S(C)(=O)=O)ccc2F)cc1C. The maximum atomic E-state index is 13.8. The minimum Gasteiger partial charge on any atom is -0.324 e. The monoisotopic (exact) mass is 381 g/mol. The fourth-order valence-corrected chi connectivity index (χ4v) is 3.70. The lowest BCUT2D eigenvalue weighted by molar-refractivity contribution is -0.115. The molecule has 25 heavy (non-hydrogen) atoms. The average Bonchev–Trinajstić information content (AvgIpc) is 2.52. The molecule has 2 aromatic rings. The van der Waals surface area contributed by atoms with Crippen LogP contribution in [0.5, 0.6) is 0 Å². The van der Waals surface area contributed by atoms with E-state index in [2.05, 4.69) is 11.4 Å². The summed E-state index contributed by atoms with van der Waals surface area (Å²) < 4.78 is 36.8. The molecule has 2 aromatic carbocycles. The standard InChI is InChI=1S/C18H20FNO3S2/c1-12-4-5-14(10-13(12)2)24-9-8-18(21)20-17-11-15(25(3,22)23)6-7-16(17)19/h4-7,10-11H,8-9H2,1-3H3,(H,20,21). The Morgan fingerprint density at radius 1 is 1.12 bits per heavy atom. The number of amides is 1. The van der Waals surface area contributed by atoms with Gasteiger partial charge in [-0.1, -0.05) is 6.07 Å². The quantitative estimate of drug-likeness (QED) is 0.607. The number of aryl methyl sites for hydroxylation is 2. The lowest BCUT2D eigenvalue weighted by atomic mass is 10.1. The van der Waals surface area contributed by atoms with Crippen LogP contribution in [-0.2, 0) is 14.6 Å². The molecule has 0 bridgehead atoms. The molecule has 0 saturated heterocycles. The number of benzene rings is 2. The molecule has 0 aliphatic rings. The summed E-state index contributed by atoms with van der Waals surface area (Å²) in [5.41, 5.74) is 2.28. The third kappa shape index (κ3) is 5.57. The van der Waals surface area contributed by atoms with E-state index in [1.807, 2.05) is 26.0 Å². The number of rotatable bonds is 6. The molecule has 7 heteroatoms. The van der Waals surface area contributed by atoms with Crippen molar-refractivity contribution in [2.75, 3.05) is 17.3 Å². The molecule has 0 heterocycles. The fraction of sp³-hybridized carbons (Fsp3) is 0.278. The zero-order valence-corrected chi connectivity index (χ0v) is 15.9. The van der Waals surface area contributed by atoms with Crippen LogP contribution in [0.15, 0.2) is 46.2 Å². The summed E-state index contributed by atoms with van der Waals surface area (Å²) in [6, 6.07) is 9.45. The van der Waals surface area contributed by atoms with Crippen molar-refractivity contribution in [1.82, 2.24) is 0 Å². The smallest absolute Gasteiger partial charge is 0.225 e. The molecule has 0 saturated carbocycles. The predicted octanol–water partition coefficient (Wildman–Crippen LogP) is 3.97. The number of hydrogen-bond donors (Lipinski definition) is 1. The van der Waals surface area contributed by atoms with Crippen LogP contribution in [0.25, 0.3) is 0 Å². The summed E-state index contributed by atoms with van der Waals surface area (Å²) in [7, 11) is -3.46. The molecule has 0 radical (unpaired) electrons. The van der Waals surface area contributed by atoms with Gasteiger partial charge in [-0.3, -0.25) is 4.79 Å². The highest BCUT2D eigenvalue weighted by atomic mass is 32.2. The van der Waals surface area contributed by atoms with Gasteiger partial charge in [0.2, 0.25) is 5.91 Å². The molecule has 0 aliphatic heterocycles. The van der Waals surface area contributed by atoms with E-state index in [0.717, 1.165) is 23.3 Å². The molecule has 0 unspecified atom stereocenters. The zero-order valence-electron chi connectivity index (χ0n) is 14.3. The minimum atomic E-state index is -3.46. The van der Waals surface area contributed by atoms with E-state index in [1.165, 1.54) is 17.2 Å². The van der Waals surface area contributed by atoms with E-state index in [1.54, 1.807) is 11.8 Å². The molecule has 2 rings (SSSR count). The van der Waals surface area contributed by atoms with Gasteiger partial charge in [-0.05, 0) is 55.3 Å². The Labute approximate surface area is 151 Å². The van der Waals surface area contributed by atoms with Gasteiger partial charge in [0.15, 0.2) is 9.84 Å². The van der Waals surface area contributed by atoms with Crippen LogP contribution in [0.1, 0.15) is 17.5 Å². The van der Waals surface area contributed by atoms with Gasteiger partial charge in [-0.15, -0.1) is 11.8 Å². The Balaban J connectivity index is 1.95. The third-order valence-corrected chi connectivity index (χ3v) is 5.82. The second-order valence-corrected chi connectivity index (χ2v) is 8.99. The molecular formula is C18H20FNO3S2. The van der Waals surface area contributed by atoms with Crippen LogP contribution < -0.4 is 5.32 Å². The summed E-state index contributed by atoms with van der Waals surface area (Å²) in [4.78, 5) is 13.0. The Morgan fingerprint density at radius 3 is 2.48 bits per heavy atom. The molecule has 0 aromatic heterocycles. The molecular weight excluding hydrogens is 361 g/mol. The number of thioether (sulfide) groups is 1. The summed E-state index contributed by atoms with van der Waals surface area (Å²) in [6.07, 6.45) is 1.23. The summed E-state index contributed by atoms with van der Waals surface area (Å²) in [6.45, 7) is 4.07. The third-order valence-electron chi connectivity index (χ3n) is 3.72. The maximum Gasteiger partial charge on any atom is 0.225 e. The van der Waals surface area contributed by atoms with Gasteiger partial charge in [-0.2, -0.15) is 0 Å². The number of carbonyl (C=O) groups excluding carboxylic acids is 1. The summed E-state index contributed by atoms with van der Waals surface area (Å²) in [5.74, 6) is -0.481. The van der Waals surface area contributed by atoms with Gasteiger partial charge >= 0.3 is 0 Å². The summed E-state index contributed by atoms with van der Waals surface area (Å²) >= 11 is 1.54. The lowest BCUT2D eigenvalue weighted by Crippen LogP contribution is -2.14. The van der Waals surface area contributed by atoms with Crippen LogP contribution >= 0.6 is 11.8 Å². The number of sulfone groups is 1. The topological polar surface area (TPSA) is 63.2 Å². The van der Waals surface area contributed by atoms with Crippen molar-refractivity contribution in [3.8, 4) is 0 Å². The molecule has 1 N–H and O–H groups in total. The Bertz CT molecular complexity index is 895. The van der Waals surface area contributed by atoms with Crippen molar-refractivity contribution >= 4 is 33.2 Å². The number of anilines is 1. The predicted molar refractivity (Wildman–Crippen MR) is 99.4 cm³/mol. The van der Waals surface area contributed by atoms with E-state index in [0.29, 0.717) is 5.75 Å². The summed E-state index contributed by atoms with van der Waals surface area (Å²) in [5, 5.41) is 2.44. The average molecular weight is 381 g/mol. The highest BCUT2D eigenvalue weighted by Gasteiger charge is 2.13. The molecule has 0 aliphatic carbocycles. The first kappa shape index (κ1) is 19.5. The van der Waals surface area contributed by atoms with Crippen LogP contribution in [-0.4, -0.2) is 26.3 Å². The molecule has 0 atom stereocenters. The molecule has 4 nitrogen and oxygen atoms in total. The van der Waals surface area contributed by atoms with Crippen molar-refractivity contribution in [2.45, 2.75) is 30.1 Å². The first-order valence-corrected chi connectivity index (χ1v) is 10.5. The zero-order chi connectivity index (χ0) is 18.6. The number of carbonyl (C=O) groups is 1. The van der Waals surface area contributed by atoms with Crippen LogP contribution in [0.4, 0.5) is 10.1 Å². The normalized spacial score (nSPS) is 11.4. The van der Waals surface area contributed by atoms with Crippen LogP contribution in [0.2, 0.25) is 0 Å². The van der Waals surface area contributed by atoms with E-state index in [-0.39, 0.29) is 22.9 Å². The second-order valence-electron chi connectivity index (χ2n) is 5.81. The lowest BCUT2D eigenvalue weighted by Gasteiger charge is -2.09. The van der Waals surface area contributed by atoms with Crippen molar-refractivity contribution in [2.24, 2.45) is 0 Å². The van der Waals surface area contributed by atoms with E-state index in [9.17, 15) is 17.6 Å². The molecule has 0 fully saturated rings. The first-order valence-electron chi connectivity index (χ1n) is 7.66. The van der Waals surface area contributed by atoms with Crippen molar-refractivity contribution in [3.05, 3.63) is 53.3 Å². The number of nitrogens with one attached hydrogen (secondary N) is 1. The van der Waals surface area contributed by atoms with E-state index in [4.69, 9.17) is 0 Å². The van der Waals surface area contributed by atoms with Gasteiger partial charge in [0.25, 0.3) is 0 Å². The number of hydrogen-bond acceptors (Lipinski definition) is 4. The Hall–Kier alpha value is -1.86. The largest absolute Gasteiger partial charge is 0.324 e. The molecule has 134 valence electrons. The van der Waals surface area contributed by atoms with Crippen LogP contribution in [0, 0.1) is 19.7 Å². The highest BCUT2D eigenvalue weighted by Crippen LogP contribution is 2.23. The van der Waals surface area contributed by atoms with E-state index >= 15 is 0 Å². The maximum absolute atomic E-state index is 13.8. The van der Waals surface area contributed by atoms with Crippen molar-refractivity contribution in [3.63, 3.8) is 0 Å². The molecule has 1 amide bonds. The Kier molecular flexibility index (Phi) is 6.24. The van der Waals surface area contributed by atoms with Gasteiger partial charge < -0.3 is 5.32 Å². The van der Waals surface area contributed by atoms with Crippen molar-refractivity contribution in [1.29, 1.82) is 0 Å². The van der Waals surface area contributed by atoms with Gasteiger partial charge in [-0.25, -0.2) is 12.8 Å².